The van der Waals surface area contributed by atoms with E-state index in [4.69, 9.17) is 5.11 Å². The Morgan fingerprint density at radius 1 is 1.44 bits per heavy atom. The highest BCUT2D eigenvalue weighted by molar-refractivity contribution is 7.08. The summed E-state index contributed by atoms with van der Waals surface area (Å²) in [7, 11) is 0. The molecule has 0 aromatic carbocycles. The summed E-state index contributed by atoms with van der Waals surface area (Å²) < 4.78 is 0. The average molecular weight is 241 g/mol. The summed E-state index contributed by atoms with van der Waals surface area (Å²) in [5.41, 5.74) is -0.0159. The van der Waals surface area contributed by atoms with E-state index in [9.17, 15) is 9.59 Å². The normalized spacial score (nSPS) is 13.2. The topological polar surface area (TPSA) is 66.4 Å². The van der Waals surface area contributed by atoms with Gasteiger partial charge in [0.2, 0.25) is 0 Å². The highest BCUT2D eigenvalue weighted by atomic mass is 32.1. The zero-order chi connectivity index (χ0) is 12.3. The summed E-state index contributed by atoms with van der Waals surface area (Å²) in [5, 5.41) is 15.0. The minimum absolute atomic E-state index is 0.344. The maximum Gasteiger partial charge on any atom is 0.326 e. The summed E-state index contributed by atoms with van der Waals surface area (Å²) >= 11 is 1.40. The molecule has 0 spiro atoms. The van der Waals surface area contributed by atoms with Crippen molar-refractivity contribution >= 4 is 23.2 Å². The van der Waals surface area contributed by atoms with Crippen LogP contribution in [0.1, 0.15) is 31.1 Å². The quantitative estimate of drug-likeness (QED) is 0.850. The Morgan fingerprint density at radius 2 is 2.06 bits per heavy atom. The van der Waals surface area contributed by atoms with Crippen LogP contribution in [-0.4, -0.2) is 23.0 Å². The van der Waals surface area contributed by atoms with Gasteiger partial charge >= 0.3 is 5.97 Å². The molecule has 1 rings (SSSR count). The molecule has 0 aliphatic rings. The number of hydrogen-bond acceptors (Lipinski definition) is 3. The van der Waals surface area contributed by atoms with Gasteiger partial charge in [0, 0.05) is 5.38 Å². The summed E-state index contributed by atoms with van der Waals surface area (Å²) in [4.78, 5) is 22.7. The summed E-state index contributed by atoms with van der Waals surface area (Å²) in [6.07, 6.45) is 0. The molecule has 0 saturated carbocycles. The van der Waals surface area contributed by atoms with Crippen LogP contribution in [-0.2, 0) is 4.79 Å². The maximum atomic E-state index is 11.7. The van der Waals surface area contributed by atoms with Crippen LogP contribution >= 0.6 is 11.3 Å². The molecule has 5 heteroatoms. The first-order valence-corrected chi connectivity index (χ1v) is 5.82. The molecule has 0 aliphatic carbocycles. The number of thiophene rings is 1. The third-order valence-corrected chi connectivity index (χ3v) is 2.86. The van der Waals surface area contributed by atoms with Crippen LogP contribution in [0, 0.1) is 5.41 Å². The Hall–Kier alpha value is -1.36. The molecule has 1 unspecified atom stereocenters. The lowest BCUT2D eigenvalue weighted by Crippen LogP contribution is -2.49. The second kappa shape index (κ2) is 4.65. The van der Waals surface area contributed by atoms with Crippen molar-refractivity contribution in [1.82, 2.24) is 5.32 Å². The number of nitrogens with one attached hydrogen (secondary N) is 1. The minimum Gasteiger partial charge on any atom is -0.480 e. The van der Waals surface area contributed by atoms with E-state index in [2.05, 4.69) is 5.32 Å². The van der Waals surface area contributed by atoms with Gasteiger partial charge in [-0.15, -0.1) is 0 Å². The lowest BCUT2D eigenvalue weighted by molar-refractivity contribution is -0.142. The number of carboxylic acids is 1. The number of amides is 1. The van der Waals surface area contributed by atoms with Crippen molar-refractivity contribution in [2.24, 2.45) is 5.41 Å². The van der Waals surface area contributed by atoms with E-state index in [1.807, 2.05) is 0 Å². The van der Waals surface area contributed by atoms with E-state index in [1.165, 1.54) is 11.3 Å². The van der Waals surface area contributed by atoms with Gasteiger partial charge < -0.3 is 10.4 Å². The largest absolute Gasteiger partial charge is 0.480 e. The van der Waals surface area contributed by atoms with Crippen molar-refractivity contribution in [1.29, 1.82) is 0 Å². The third kappa shape index (κ3) is 3.06. The predicted octanol–water partition coefficient (Wildman–Crippen LogP) is 1.98. The molecule has 0 radical (unpaired) electrons. The van der Waals surface area contributed by atoms with Gasteiger partial charge in [0.15, 0.2) is 0 Å². The Bertz CT molecular complexity index is 378. The van der Waals surface area contributed by atoms with Crippen LogP contribution in [0.4, 0.5) is 0 Å². The Balaban J connectivity index is 2.78. The zero-order valence-electron chi connectivity index (χ0n) is 9.48. The molecule has 88 valence electrons. The van der Waals surface area contributed by atoms with Crippen molar-refractivity contribution in [2.75, 3.05) is 0 Å². The molecule has 0 saturated heterocycles. The Morgan fingerprint density at radius 3 is 2.44 bits per heavy atom. The number of carboxylic acid groups (broad SMARTS) is 1. The van der Waals surface area contributed by atoms with E-state index < -0.39 is 17.4 Å². The van der Waals surface area contributed by atoms with Gasteiger partial charge in [0.1, 0.15) is 6.04 Å². The van der Waals surface area contributed by atoms with E-state index in [-0.39, 0.29) is 5.91 Å². The Labute approximate surface area is 98.3 Å². The van der Waals surface area contributed by atoms with Gasteiger partial charge in [0.25, 0.3) is 5.91 Å². The van der Waals surface area contributed by atoms with Crippen LogP contribution in [0.3, 0.4) is 0 Å². The number of aliphatic carboxylic acids is 1. The van der Waals surface area contributed by atoms with Crippen molar-refractivity contribution in [3.63, 3.8) is 0 Å². The van der Waals surface area contributed by atoms with Crippen LogP contribution in [0.15, 0.2) is 16.8 Å². The molecule has 16 heavy (non-hydrogen) atoms. The third-order valence-electron chi connectivity index (χ3n) is 2.17. The number of carbonyl (C=O) groups is 2. The summed E-state index contributed by atoms with van der Waals surface area (Å²) in [6, 6.07) is 0.779. The molecule has 4 nitrogen and oxygen atoms in total. The first-order chi connectivity index (χ1) is 7.32. The van der Waals surface area contributed by atoms with Crippen LogP contribution in [0.25, 0.3) is 0 Å². The highest BCUT2D eigenvalue weighted by Crippen LogP contribution is 2.20. The van der Waals surface area contributed by atoms with E-state index in [0.29, 0.717) is 5.56 Å². The fourth-order valence-electron chi connectivity index (χ4n) is 1.26. The first-order valence-electron chi connectivity index (χ1n) is 4.88. The molecular formula is C11H15NO3S. The second-order valence-electron chi connectivity index (χ2n) is 4.62. The number of rotatable bonds is 3. The molecule has 1 aromatic heterocycles. The van der Waals surface area contributed by atoms with Crippen LogP contribution in [0.2, 0.25) is 0 Å². The molecule has 1 amide bonds. The van der Waals surface area contributed by atoms with Gasteiger partial charge in [-0.25, -0.2) is 4.79 Å². The minimum atomic E-state index is -1.02. The summed E-state index contributed by atoms with van der Waals surface area (Å²) in [5.74, 6) is -1.36. The molecule has 1 atom stereocenters. The second-order valence-corrected chi connectivity index (χ2v) is 5.40. The number of carbonyl (C=O) groups excluding carboxylic acids is 1. The lowest BCUT2D eigenvalue weighted by Gasteiger charge is -2.27. The monoisotopic (exact) mass is 241 g/mol. The van der Waals surface area contributed by atoms with Crippen molar-refractivity contribution < 1.29 is 14.7 Å². The Kier molecular flexibility index (Phi) is 3.70. The van der Waals surface area contributed by atoms with Crippen LogP contribution in [0.5, 0.6) is 0 Å². The molecular weight excluding hydrogens is 226 g/mol. The van der Waals surface area contributed by atoms with E-state index in [1.54, 1.807) is 37.6 Å². The predicted molar refractivity (Wildman–Crippen MR) is 62.7 cm³/mol. The standard InChI is InChI=1S/C11H15NO3S/c1-11(2,3)8(10(14)15)12-9(13)7-4-5-16-6-7/h4-6,8H,1-3H3,(H,12,13)(H,14,15). The van der Waals surface area contributed by atoms with Gasteiger partial charge in [-0.3, -0.25) is 4.79 Å². The molecule has 1 aromatic rings. The van der Waals surface area contributed by atoms with E-state index in [0.717, 1.165) is 0 Å². The fourth-order valence-corrected chi connectivity index (χ4v) is 1.89. The maximum absolute atomic E-state index is 11.7. The van der Waals surface area contributed by atoms with Gasteiger partial charge in [-0.05, 0) is 16.9 Å². The fraction of sp³-hybridized carbons (Fsp3) is 0.455. The highest BCUT2D eigenvalue weighted by Gasteiger charge is 2.32. The van der Waals surface area contributed by atoms with Crippen molar-refractivity contribution in [3.05, 3.63) is 22.4 Å². The van der Waals surface area contributed by atoms with Gasteiger partial charge in [-0.2, -0.15) is 11.3 Å². The molecule has 0 bridgehead atoms. The van der Waals surface area contributed by atoms with Gasteiger partial charge in [0.05, 0.1) is 5.56 Å². The average Bonchev–Trinajstić information content (AvgIpc) is 2.63. The van der Waals surface area contributed by atoms with E-state index >= 15 is 0 Å². The molecule has 0 fully saturated rings. The van der Waals surface area contributed by atoms with Gasteiger partial charge in [-0.1, -0.05) is 20.8 Å². The SMILES string of the molecule is CC(C)(C)C(NC(=O)c1ccsc1)C(=O)O. The van der Waals surface area contributed by atoms with Crippen molar-refractivity contribution in [3.8, 4) is 0 Å². The lowest BCUT2D eigenvalue weighted by atomic mass is 9.86. The molecule has 0 aliphatic heterocycles. The zero-order valence-corrected chi connectivity index (χ0v) is 10.3. The first kappa shape index (κ1) is 12.7. The smallest absolute Gasteiger partial charge is 0.326 e. The van der Waals surface area contributed by atoms with Crippen LogP contribution < -0.4 is 5.32 Å². The number of hydrogen-bond donors (Lipinski definition) is 2. The molecule has 1 heterocycles. The summed E-state index contributed by atoms with van der Waals surface area (Å²) in [6.45, 7) is 5.33. The molecule has 2 N–H and O–H groups in total. The van der Waals surface area contributed by atoms with Crippen molar-refractivity contribution in [2.45, 2.75) is 26.8 Å².